The lowest BCUT2D eigenvalue weighted by atomic mass is 10.1. The molecule has 22 heavy (non-hydrogen) atoms. The Kier molecular flexibility index (Phi) is 5.23. The Morgan fingerprint density at radius 2 is 1.55 bits per heavy atom. The molecule has 0 unspecified atom stereocenters. The first-order valence-electron chi connectivity index (χ1n) is 6.51. The zero-order valence-electron chi connectivity index (χ0n) is 11.6. The lowest BCUT2D eigenvalue weighted by Crippen LogP contribution is -2.26. The van der Waals surface area contributed by atoms with Crippen LogP contribution in [0.1, 0.15) is 16.7 Å². The summed E-state index contributed by atoms with van der Waals surface area (Å²) in [6.07, 6.45) is 0. The molecule has 2 aromatic rings. The van der Waals surface area contributed by atoms with Crippen LogP contribution in [0.25, 0.3) is 0 Å². The van der Waals surface area contributed by atoms with Crippen molar-refractivity contribution < 1.29 is 22.3 Å². The first kappa shape index (κ1) is 16.5. The van der Waals surface area contributed by atoms with Gasteiger partial charge in [-0.15, -0.1) is 0 Å². The van der Waals surface area contributed by atoms with Gasteiger partial charge in [0.15, 0.2) is 0 Å². The molecule has 0 aliphatic rings. The second-order valence-electron chi connectivity index (χ2n) is 4.71. The van der Waals surface area contributed by atoms with Gasteiger partial charge in [0.2, 0.25) is 10.0 Å². The molecule has 0 fully saturated rings. The van der Waals surface area contributed by atoms with Crippen LogP contribution in [0.5, 0.6) is 0 Å². The summed E-state index contributed by atoms with van der Waals surface area (Å²) in [5.74, 6) is -2.59. The molecule has 2 N–H and O–H groups in total. The molecular weight excluding hydrogens is 312 g/mol. The fourth-order valence-electron chi connectivity index (χ4n) is 1.98. The molecule has 118 valence electrons. The van der Waals surface area contributed by atoms with Crippen LogP contribution >= 0.6 is 0 Å². The molecule has 0 radical (unpaired) electrons. The van der Waals surface area contributed by atoms with Gasteiger partial charge in [-0.3, -0.25) is 0 Å². The predicted octanol–water partition coefficient (Wildman–Crippen LogP) is 2.08. The number of rotatable bonds is 6. The fraction of sp³-hybridized carbons (Fsp3) is 0.200. The first-order chi connectivity index (χ1) is 10.4. The van der Waals surface area contributed by atoms with Crippen molar-refractivity contribution in [3.8, 4) is 0 Å². The van der Waals surface area contributed by atoms with E-state index in [0.29, 0.717) is 11.1 Å². The van der Waals surface area contributed by atoms with E-state index >= 15 is 0 Å². The lowest BCUT2D eigenvalue weighted by molar-refractivity contribution is 0.280. The molecule has 0 saturated carbocycles. The maximum Gasteiger partial charge on any atom is 0.216 e. The summed E-state index contributed by atoms with van der Waals surface area (Å²) >= 11 is 0. The van der Waals surface area contributed by atoms with Crippen LogP contribution in [0.2, 0.25) is 0 Å². The van der Waals surface area contributed by atoms with Gasteiger partial charge in [-0.25, -0.2) is 21.9 Å². The van der Waals surface area contributed by atoms with Gasteiger partial charge in [-0.2, -0.15) is 0 Å². The van der Waals surface area contributed by atoms with Crippen LogP contribution in [0.3, 0.4) is 0 Å². The highest BCUT2D eigenvalue weighted by molar-refractivity contribution is 7.88. The number of aliphatic hydroxyl groups is 1. The second-order valence-corrected chi connectivity index (χ2v) is 6.51. The summed E-state index contributed by atoms with van der Waals surface area (Å²) in [7, 11) is -3.91. The van der Waals surface area contributed by atoms with Crippen LogP contribution in [0, 0.1) is 11.6 Å². The fourth-order valence-corrected chi connectivity index (χ4v) is 3.12. The molecule has 0 heterocycles. The highest BCUT2D eigenvalue weighted by atomic mass is 32.2. The van der Waals surface area contributed by atoms with Crippen molar-refractivity contribution in [3.63, 3.8) is 0 Å². The van der Waals surface area contributed by atoms with Crippen LogP contribution in [0.15, 0.2) is 42.5 Å². The minimum Gasteiger partial charge on any atom is -0.392 e. The van der Waals surface area contributed by atoms with Gasteiger partial charge in [0, 0.05) is 12.1 Å². The summed E-state index contributed by atoms with van der Waals surface area (Å²) in [5.41, 5.74) is 0.690. The van der Waals surface area contributed by atoms with Gasteiger partial charge >= 0.3 is 0 Å². The molecule has 0 aliphatic carbocycles. The maximum absolute atomic E-state index is 13.5. The van der Waals surface area contributed by atoms with Gasteiger partial charge in [0.1, 0.15) is 11.6 Å². The number of hydrogen-bond acceptors (Lipinski definition) is 3. The van der Waals surface area contributed by atoms with E-state index in [-0.39, 0.29) is 13.2 Å². The number of hydrogen-bond donors (Lipinski definition) is 2. The van der Waals surface area contributed by atoms with E-state index in [0.717, 1.165) is 12.1 Å². The Morgan fingerprint density at radius 3 is 2.14 bits per heavy atom. The Bertz CT molecular complexity index is 743. The Labute approximate surface area is 127 Å². The first-order valence-corrected chi connectivity index (χ1v) is 8.16. The van der Waals surface area contributed by atoms with Gasteiger partial charge in [0.05, 0.1) is 12.4 Å². The van der Waals surface area contributed by atoms with E-state index < -0.39 is 33.0 Å². The number of nitrogens with one attached hydrogen (secondary N) is 1. The van der Waals surface area contributed by atoms with Crippen molar-refractivity contribution in [2.24, 2.45) is 0 Å². The van der Waals surface area contributed by atoms with Crippen molar-refractivity contribution in [1.82, 2.24) is 4.72 Å². The average Bonchev–Trinajstić information content (AvgIpc) is 2.49. The van der Waals surface area contributed by atoms with Crippen molar-refractivity contribution in [3.05, 3.63) is 70.8 Å². The zero-order chi connectivity index (χ0) is 16.2. The predicted molar refractivity (Wildman–Crippen MR) is 78.2 cm³/mol. The highest BCUT2D eigenvalue weighted by Crippen LogP contribution is 2.15. The number of sulfonamides is 1. The Balaban J connectivity index is 2.12. The Hall–Kier alpha value is -1.83. The monoisotopic (exact) mass is 327 g/mol. The van der Waals surface area contributed by atoms with Gasteiger partial charge in [-0.1, -0.05) is 30.3 Å². The van der Waals surface area contributed by atoms with E-state index in [1.165, 1.54) is 6.07 Å². The number of aliphatic hydroxyl groups excluding tert-OH is 1. The summed E-state index contributed by atoms with van der Waals surface area (Å²) in [6.45, 7) is -0.283. The summed E-state index contributed by atoms with van der Waals surface area (Å²) in [5, 5.41) is 9.18. The third-order valence-corrected chi connectivity index (χ3v) is 4.42. The minimum absolute atomic E-state index is 0.0604. The standard InChI is InChI=1S/C15H15F2NO3S/c16-14-6-3-7-15(17)13(14)10-22(20,21)18-8-11-4-1-2-5-12(11)9-19/h1-7,18-19H,8-10H2. The quantitative estimate of drug-likeness (QED) is 0.854. The van der Waals surface area contributed by atoms with Crippen LogP contribution < -0.4 is 4.72 Å². The molecular formula is C15H15F2NO3S. The molecule has 0 spiro atoms. The van der Waals surface area contributed by atoms with E-state index in [1.54, 1.807) is 24.3 Å². The van der Waals surface area contributed by atoms with E-state index in [4.69, 9.17) is 0 Å². The van der Waals surface area contributed by atoms with E-state index in [1.807, 2.05) is 0 Å². The number of benzene rings is 2. The third-order valence-electron chi connectivity index (χ3n) is 3.17. The molecule has 0 aliphatic heterocycles. The van der Waals surface area contributed by atoms with Crippen molar-refractivity contribution >= 4 is 10.0 Å². The minimum atomic E-state index is -3.91. The average molecular weight is 327 g/mol. The summed E-state index contributed by atoms with van der Waals surface area (Å²) < 4.78 is 53.2. The van der Waals surface area contributed by atoms with Crippen LogP contribution in [-0.4, -0.2) is 13.5 Å². The SMILES string of the molecule is O=S(=O)(Cc1c(F)cccc1F)NCc1ccccc1CO. The topological polar surface area (TPSA) is 66.4 Å². The second kappa shape index (κ2) is 6.95. The normalized spacial score (nSPS) is 11.6. The lowest BCUT2D eigenvalue weighted by Gasteiger charge is -2.10. The van der Waals surface area contributed by atoms with Crippen molar-refractivity contribution in [2.45, 2.75) is 18.9 Å². The van der Waals surface area contributed by atoms with E-state index in [2.05, 4.69) is 4.72 Å². The molecule has 0 amide bonds. The molecule has 2 aromatic carbocycles. The third kappa shape index (κ3) is 4.09. The molecule has 0 atom stereocenters. The van der Waals surface area contributed by atoms with Crippen molar-refractivity contribution in [1.29, 1.82) is 0 Å². The smallest absolute Gasteiger partial charge is 0.216 e. The molecule has 0 saturated heterocycles. The zero-order valence-corrected chi connectivity index (χ0v) is 12.4. The summed E-state index contributed by atoms with van der Waals surface area (Å²) in [6, 6.07) is 9.95. The highest BCUT2D eigenvalue weighted by Gasteiger charge is 2.18. The van der Waals surface area contributed by atoms with Gasteiger partial charge < -0.3 is 5.11 Å². The van der Waals surface area contributed by atoms with Gasteiger partial charge in [0.25, 0.3) is 0 Å². The molecule has 0 aromatic heterocycles. The largest absolute Gasteiger partial charge is 0.392 e. The molecule has 7 heteroatoms. The number of halogens is 2. The molecule has 2 rings (SSSR count). The van der Waals surface area contributed by atoms with E-state index in [9.17, 15) is 22.3 Å². The van der Waals surface area contributed by atoms with Gasteiger partial charge in [-0.05, 0) is 23.3 Å². The molecule has 4 nitrogen and oxygen atoms in total. The molecule has 0 bridgehead atoms. The Morgan fingerprint density at radius 1 is 0.955 bits per heavy atom. The van der Waals surface area contributed by atoms with Crippen molar-refractivity contribution in [2.75, 3.05) is 0 Å². The summed E-state index contributed by atoms with van der Waals surface area (Å²) in [4.78, 5) is 0. The van der Waals surface area contributed by atoms with Crippen LogP contribution in [0.4, 0.5) is 8.78 Å². The van der Waals surface area contributed by atoms with Crippen LogP contribution in [-0.2, 0) is 28.9 Å². The maximum atomic E-state index is 13.5.